The average Bonchev–Trinajstić information content (AvgIpc) is 3.02. The zero-order valence-electron chi connectivity index (χ0n) is 10.7. The van der Waals surface area contributed by atoms with Crippen molar-refractivity contribution in [1.29, 1.82) is 0 Å². The maximum absolute atomic E-state index is 7.01. The second-order valence-electron chi connectivity index (χ2n) is 5.26. The molecule has 0 amide bonds. The van der Waals surface area contributed by atoms with Crippen molar-refractivity contribution in [3.8, 4) is 0 Å². The van der Waals surface area contributed by atoms with Gasteiger partial charge in [0, 0.05) is 0 Å². The summed E-state index contributed by atoms with van der Waals surface area (Å²) in [7, 11) is 0. The molecule has 2 atom stereocenters. The number of halogens is 2. The van der Waals surface area contributed by atoms with Crippen LogP contribution < -0.4 is 0 Å². The van der Waals surface area contributed by atoms with Crippen LogP contribution in [0, 0.1) is 0 Å². The lowest BCUT2D eigenvalue weighted by molar-refractivity contribution is 0.615. The van der Waals surface area contributed by atoms with Crippen molar-refractivity contribution >= 4 is 35.4 Å². The van der Waals surface area contributed by atoms with E-state index < -0.39 is 9.75 Å². The minimum atomic E-state index is -0.742. The van der Waals surface area contributed by atoms with Gasteiger partial charge in [-0.3, -0.25) is 0 Å². The van der Waals surface area contributed by atoms with E-state index in [1.807, 2.05) is 36.4 Å². The third-order valence-electron chi connectivity index (χ3n) is 4.22. The van der Waals surface area contributed by atoms with Crippen LogP contribution in [-0.4, -0.2) is 0 Å². The summed E-state index contributed by atoms with van der Waals surface area (Å²) in [4.78, 5) is -1.48. The molecule has 0 saturated carbocycles. The molecular formula is C18H12Cl2. The van der Waals surface area contributed by atoms with Crippen LogP contribution >= 0.6 is 23.2 Å². The van der Waals surface area contributed by atoms with Gasteiger partial charge in [-0.25, -0.2) is 0 Å². The van der Waals surface area contributed by atoms with Crippen LogP contribution in [0.2, 0.25) is 0 Å². The number of fused-ring (bicyclic) bond motifs is 2. The van der Waals surface area contributed by atoms with Gasteiger partial charge in [-0.1, -0.05) is 72.8 Å². The molecule has 0 nitrogen and oxygen atoms in total. The van der Waals surface area contributed by atoms with E-state index in [-0.39, 0.29) is 0 Å². The topological polar surface area (TPSA) is 0 Å². The molecule has 2 heteroatoms. The highest BCUT2D eigenvalue weighted by atomic mass is 35.5. The molecule has 2 aromatic rings. The molecule has 0 spiro atoms. The molecule has 98 valence electrons. The first-order chi connectivity index (χ1) is 9.65. The minimum absolute atomic E-state index is 0.742. The van der Waals surface area contributed by atoms with Crippen molar-refractivity contribution in [2.45, 2.75) is 9.75 Å². The van der Waals surface area contributed by atoms with Crippen molar-refractivity contribution in [3.63, 3.8) is 0 Å². The summed E-state index contributed by atoms with van der Waals surface area (Å²) in [5.41, 5.74) is 4.41. The third kappa shape index (κ3) is 1.38. The first kappa shape index (κ1) is 12.3. The molecular weight excluding hydrogens is 287 g/mol. The first-order valence-corrected chi connectivity index (χ1v) is 7.36. The number of rotatable bonds is 1. The lowest BCUT2D eigenvalue weighted by Crippen LogP contribution is -2.36. The fourth-order valence-electron chi connectivity index (χ4n) is 3.17. The van der Waals surface area contributed by atoms with Gasteiger partial charge in [-0.2, -0.15) is 0 Å². The number of benzene rings is 2. The molecule has 20 heavy (non-hydrogen) atoms. The smallest absolute Gasteiger partial charge is 0.107 e. The molecule has 0 radical (unpaired) electrons. The molecule has 2 aliphatic rings. The Morgan fingerprint density at radius 1 is 0.600 bits per heavy atom. The molecule has 2 aromatic carbocycles. The molecule has 0 aromatic heterocycles. The van der Waals surface area contributed by atoms with E-state index in [1.54, 1.807) is 0 Å². The largest absolute Gasteiger partial charge is 0.115 e. The predicted octanol–water partition coefficient (Wildman–Crippen LogP) is 5.31. The zero-order chi connectivity index (χ0) is 13.8. The van der Waals surface area contributed by atoms with Gasteiger partial charge in [0.05, 0.1) is 0 Å². The second kappa shape index (κ2) is 4.00. The summed E-state index contributed by atoms with van der Waals surface area (Å²) in [6.45, 7) is 0. The van der Waals surface area contributed by atoms with Gasteiger partial charge in [-0.05, 0) is 22.3 Å². The highest BCUT2D eigenvalue weighted by Crippen LogP contribution is 2.58. The predicted molar refractivity (Wildman–Crippen MR) is 86.0 cm³/mol. The number of hydrogen-bond acceptors (Lipinski definition) is 0. The Labute approximate surface area is 128 Å². The summed E-state index contributed by atoms with van der Waals surface area (Å²) < 4.78 is 0. The standard InChI is InChI=1S/C18H12Cl2/c19-17(11-9-13-5-1-3-7-15(13)17)18(20)12-10-14-6-2-4-8-16(14)18/h1-12H. The maximum Gasteiger partial charge on any atom is 0.115 e. The molecule has 2 aliphatic carbocycles. The molecule has 0 saturated heterocycles. The van der Waals surface area contributed by atoms with Crippen molar-refractivity contribution < 1.29 is 0 Å². The summed E-state index contributed by atoms with van der Waals surface area (Å²) in [5.74, 6) is 0. The Hall–Kier alpha value is -1.50. The summed E-state index contributed by atoms with van der Waals surface area (Å²) in [5, 5.41) is 0. The van der Waals surface area contributed by atoms with Crippen LogP contribution in [0.15, 0.2) is 60.7 Å². The van der Waals surface area contributed by atoms with Crippen molar-refractivity contribution in [1.82, 2.24) is 0 Å². The maximum atomic E-state index is 7.01. The minimum Gasteiger partial charge on any atom is -0.107 e. The Morgan fingerprint density at radius 2 is 1.00 bits per heavy atom. The van der Waals surface area contributed by atoms with Crippen LogP contribution in [0.4, 0.5) is 0 Å². The number of alkyl halides is 2. The van der Waals surface area contributed by atoms with Crippen LogP contribution in [-0.2, 0) is 9.75 Å². The Bertz CT molecular complexity index is 694. The quantitative estimate of drug-likeness (QED) is 0.626. The van der Waals surface area contributed by atoms with E-state index in [0.29, 0.717) is 0 Å². The SMILES string of the molecule is ClC1(C2(Cl)C=Cc3ccccc32)C=Cc2ccccc21. The third-order valence-corrected chi connectivity index (χ3v) is 5.57. The molecule has 0 bridgehead atoms. The van der Waals surface area contributed by atoms with Crippen molar-refractivity contribution in [2.24, 2.45) is 0 Å². The Morgan fingerprint density at radius 3 is 1.45 bits per heavy atom. The van der Waals surface area contributed by atoms with E-state index in [4.69, 9.17) is 23.2 Å². The van der Waals surface area contributed by atoms with E-state index >= 15 is 0 Å². The van der Waals surface area contributed by atoms with Gasteiger partial charge in [0.25, 0.3) is 0 Å². The summed E-state index contributed by atoms with van der Waals surface area (Å²) >= 11 is 14.0. The van der Waals surface area contributed by atoms with Gasteiger partial charge in [0.15, 0.2) is 0 Å². The monoisotopic (exact) mass is 298 g/mol. The summed E-state index contributed by atoms with van der Waals surface area (Å²) in [6, 6.07) is 16.3. The van der Waals surface area contributed by atoms with E-state index in [1.165, 1.54) is 0 Å². The molecule has 2 unspecified atom stereocenters. The highest BCUT2D eigenvalue weighted by molar-refractivity contribution is 6.38. The lowest BCUT2D eigenvalue weighted by Gasteiger charge is -2.36. The van der Waals surface area contributed by atoms with Crippen LogP contribution in [0.3, 0.4) is 0 Å². The van der Waals surface area contributed by atoms with E-state index in [9.17, 15) is 0 Å². The fourth-order valence-corrected chi connectivity index (χ4v) is 3.97. The number of allylic oxidation sites excluding steroid dienone is 2. The fraction of sp³-hybridized carbons (Fsp3) is 0.111. The molecule has 0 heterocycles. The summed E-state index contributed by atoms with van der Waals surface area (Å²) in [6.07, 6.45) is 8.14. The van der Waals surface area contributed by atoms with Gasteiger partial charge in [-0.15, -0.1) is 23.2 Å². The molecule has 4 rings (SSSR count). The van der Waals surface area contributed by atoms with Gasteiger partial charge < -0.3 is 0 Å². The van der Waals surface area contributed by atoms with Gasteiger partial charge in [0.2, 0.25) is 0 Å². The van der Waals surface area contributed by atoms with Crippen LogP contribution in [0.5, 0.6) is 0 Å². The normalized spacial score (nSPS) is 29.5. The number of hydrogen-bond donors (Lipinski definition) is 0. The molecule has 0 aliphatic heterocycles. The lowest BCUT2D eigenvalue weighted by atomic mass is 9.82. The van der Waals surface area contributed by atoms with Crippen molar-refractivity contribution in [2.75, 3.05) is 0 Å². The Kier molecular flexibility index (Phi) is 2.45. The van der Waals surface area contributed by atoms with Gasteiger partial charge in [0.1, 0.15) is 9.75 Å². The van der Waals surface area contributed by atoms with Gasteiger partial charge >= 0.3 is 0 Å². The van der Waals surface area contributed by atoms with Crippen LogP contribution in [0.25, 0.3) is 12.2 Å². The average molecular weight is 299 g/mol. The van der Waals surface area contributed by atoms with Crippen LogP contribution in [0.1, 0.15) is 22.3 Å². The molecule has 0 fully saturated rings. The van der Waals surface area contributed by atoms with E-state index in [2.05, 4.69) is 36.4 Å². The first-order valence-electron chi connectivity index (χ1n) is 6.60. The van der Waals surface area contributed by atoms with E-state index in [0.717, 1.165) is 22.3 Å². The second-order valence-corrected chi connectivity index (χ2v) is 6.46. The highest BCUT2D eigenvalue weighted by Gasteiger charge is 2.53. The van der Waals surface area contributed by atoms with Crippen molar-refractivity contribution in [3.05, 3.63) is 82.9 Å². The zero-order valence-corrected chi connectivity index (χ0v) is 12.2. The Balaban J connectivity index is 1.96. The molecule has 0 N–H and O–H groups in total.